The predicted molar refractivity (Wildman–Crippen MR) is 144 cm³/mol. The SMILES string of the molecule is CCCCCS(=O)(=O)N(CC)CCN1CC(c2ccc3c(c2)OCO3)C(C(=O)O)C1c1ccc(OC)cc1. The number of sulfonamides is 1. The van der Waals surface area contributed by atoms with Crippen LogP contribution in [0.2, 0.25) is 0 Å². The number of benzene rings is 2. The molecule has 1 fully saturated rings. The number of hydrogen-bond acceptors (Lipinski definition) is 7. The number of fused-ring (bicyclic) bond motifs is 1. The Hall–Kier alpha value is -2.82. The maximum Gasteiger partial charge on any atom is 0.309 e. The van der Waals surface area contributed by atoms with E-state index in [2.05, 4.69) is 4.90 Å². The van der Waals surface area contributed by atoms with Crippen molar-refractivity contribution in [3.63, 3.8) is 0 Å². The lowest BCUT2D eigenvalue weighted by Gasteiger charge is -2.29. The second kappa shape index (κ2) is 12.4. The van der Waals surface area contributed by atoms with Crippen molar-refractivity contribution in [1.29, 1.82) is 0 Å². The number of likely N-dealkylation sites (tertiary alicyclic amines) is 1. The average molecular weight is 547 g/mol. The molecule has 3 unspecified atom stereocenters. The zero-order valence-electron chi connectivity index (χ0n) is 22.3. The molecule has 0 saturated carbocycles. The zero-order chi connectivity index (χ0) is 27.3. The standard InChI is InChI=1S/C28H38N2O7S/c1-4-6-7-16-38(33,34)30(5-2)15-14-29-18-23(21-10-13-24-25(17-21)37-19-36-24)26(28(31)32)27(29)20-8-11-22(35-3)12-9-20/h8-13,17,23,26-27H,4-7,14-16,18-19H2,1-3H3,(H,31,32). The monoisotopic (exact) mass is 546 g/mol. The van der Waals surface area contributed by atoms with Gasteiger partial charge in [-0.1, -0.05) is 44.9 Å². The van der Waals surface area contributed by atoms with Crippen LogP contribution in [0.3, 0.4) is 0 Å². The van der Waals surface area contributed by atoms with Crippen molar-refractivity contribution in [1.82, 2.24) is 9.21 Å². The first-order valence-corrected chi connectivity index (χ1v) is 14.9. The summed E-state index contributed by atoms with van der Waals surface area (Å²) in [5, 5.41) is 10.4. The van der Waals surface area contributed by atoms with E-state index >= 15 is 0 Å². The number of ether oxygens (including phenoxy) is 3. The topological polar surface area (TPSA) is 106 Å². The Balaban J connectivity index is 1.63. The van der Waals surface area contributed by atoms with Crippen molar-refractivity contribution in [3.8, 4) is 17.2 Å². The van der Waals surface area contributed by atoms with Gasteiger partial charge in [0.15, 0.2) is 11.5 Å². The van der Waals surface area contributed by atoms with Gasteiger partial charge in [0.2, 0.25) is 16.8 Å². The normalized spacial score (nSPS) is 21.2. The molecule has 2 aliphatic rings. The molecule has 1 N–H and O–H groups in total. The van der Waals surface area contributed by atoms with E-state index in [1.54, 1.807) is 7.11 Å². The van der Waals surface area contributed by atoms with Crippen LogP contribution in [-0.4, -0.2) is 74.5 Å². The van der Waals surface area contributed by atoms with Gasteiger partial charge >= 0.3 is 5.97 Å². The molecule has 0 amide bonds. The van der Waals surface area contributed by atoms with Crippen molar-refractivity contribution >= 4 is 16.0 Å². The molecule has 10 heteroatoms. The first kappa shape index (κ1) is 28.2. The fourth-order valence-corrected chi connectivity index (χ4v) is 7.12. The van der Waals surface area contributed by atoms with Gasteiger partial charge in [-0.2, -0.15) is 0 Å². The van der Waals surface area contributed by atoms with E-state index in [1.165, 1.54) is 4.31 Å². The Kier molecular flexibility index (Phi) is 9.17. The fourth-order valence-electron chi connectivity index (χ4n) is 5.54. The van der Waals surface area contributed by atoms with Crippen molar-refractivity contribution in [2.24, 2.45) is 5.92 Å². The van der Waals surface area contributed by atoms with E-state index in [0.717, 1.165) is 24.0 Å². The number of methoxy groups -OCH3 is 1. The van der Waals surface area contributed by atoms with E-state index in [4.69, 9.17) is 14.2 Å². The maximum atomic E-state index is 13.0. The van der Waals surface area contributed by atoms with Crippen molar-refractivity contribution in [2.45, 2.75) is 45.1 Å². The second-order valence-electron chi connectivity index (χ2n) is 9.81. The number of likely N-dealkylation sites (N-methyl/N-ethyl adjacent to an activating group) is 1. The minimum absolute atomic E-state index is 0.133. The Labute approximate surface area is 225 Å². The van der Waals surface area contributed by atoms with Crippen molar-refractivity contribution < 1.29 is 32.5 Å². The number of rotatable bonds is 13. The molecule has 0 spiro atoms. The Morgan fingerprint density at radius 1 is 1.08 bits per heavy atom. The van der Waals surface area contributed by atoms with Gasteiger partial charge in [-0.3, -0.25) is 9.69 Å². The lowest BCUT2D eigenvalue weighted by Crippen LogP contribution is -2.40. The summed E-state index contributed by atoms with van der Waals surface area (Å²) >= 11 is 0. The van der Waals surface area contributed by atoms with Gasteiger partial charge in [0, 0.05) is 38.1 Å². The van der Waals surface area contributed by atoms with Crippen LogP contribution in [0.1, 0.15) is 56.2 Å². The van der Waals surface area contributed by atoms with Gasteiger partial charge in [0.1, 0.15) is 5.75 Å². The van der Waals surface area contributed by atoms with Crippen LogP contribution in [0, 0.1) is 5.92 Å². The summed E-state index contributed by atoms with van der Waals surface area (Å²) in [6.07, 6.45) is 2.47. The van der Waals surface area contributed by atoms with E-state index in [-0.39, 0.29) is 18.5 Å². The third-order valence-electron chi connectivity index (χ3n) is 7.55. The van der Waals surface area contributed by atoms with Gasteiger partial charge in [-0.15, -0.1) is 0 Å². The molecule has 208 valence electrons. The molecule has 2 aromatic carbocycles. The van der Waals surface area contributed by atoms with E-state index < -0.39 is 28.0 Å². The number of nitrogens with zero attached hydrogens (tertiary/aromatic N) is 2. The second-order valence-corrected chi connectivity index (χ2v) is 11.9. The van der Waals surface area contributed by atoms with Crippen LogP contribution in [0.15, 0.2) is 42.5 Å². The molecular weight excluding hydrogens is 508 g/mol. The molecule has 2 aromatic rings. The fraction of sp³-hybridized carbons (Fsp3) is 0.536. The first-order valence-electron chi connectivity index (χ1n) is 13.3. The highest BCUT2D eigenvalue weighted by atomic mass is 32.2. The highest BCUT2D eigenvalue weighted by Crippen LogP contribution is 2.47. The molecule has 1 saturated heterocycles. The molecule has 0 aliphatic carbocycles. The number of carbonyl (C=O) groups is 1. The summed E-state index contributed by atoms with van der Waals surface area (Å²) in [5.41, 5.74) is 1.72. The first-order chi connectivity index (χ1) is 18.3. The number of carboxylic acid groups (broad SMARTS) is 1. The molecule has 9 nitrogen and oxygen atoms in total. The lowest BCUT2D eigenvalue weighted by molar-refractivity contribution is -0.143. The van der Waals surface area contributed by atoms with Gasteiger partial charge in [-0.05, 0) is 41.8 Å². The van der Waals surface area contributed by atoms with Crippen LogP contribution in [0.4, 0.5) is 0 Å². The summed E-state index contributed by atoms with van der Waals surface area (Å²) in [6.45, 7) is 5.61. The smallest absolute Gasteiger partial charge is 0.309 e. The summed E-state index contributed by atoms with van der Waals surface area (Å²) in [6, 6.07) is 12.6. The van der Waals surface area contributed by atoms with Gasteiger partial charge in [-0.25, -0.2) is 12.7 Å². The number of carboxylic acids is 1. The molecule has 0 aromatic heterocycles. The Bertz CT molecular complexity index is 1200. The zero-order valence-corrected chi connectivity index (χ0v) is 23.2. The van der Waals surface area contributed by atoms with E-state index in [1.807, 2.05) is 56.3 Å². The molecule has 2 heterocycles. The highest BCUT2D eigenvalue weighted by Gasteiger charge is 2.47. The molecule has 0 bridgehead atoms. The quantitative estimate of drug-likeness (QED) is 0.374. The predicted octanol–water partition coefficient (Wildman–Crippen LogP) is 4.11. The van der Waals surface area contributed by atoms with Crippen molar-refractivity contribution in [3.05, 3.63) is 53.6 Å². The van der Waals surface area contributed by atoms with Gasteiger partial charge < -0.3 is 19.3 Å². The van der Waals surface area contributed by atoms with Crippen LogP contribution in [0.25, 0.3) is 0 Å². The van der Waals surface area contributed by atoms with E-state index in [9.17, 15) is 18.3 Å². The summed E-state index contributed by atoms with van der Waals surface area (Å²) in [4.78, 5) is 14.9. The van der Waals surface area contributed by atoms with Crippen LogP contribution >= 0.6 is 0 Å². The minimum Gasteiger partial charge on any atom is -0.497 e. The number of aliphatic carboxylic acids is 1. The van der Waals surface area contributed by atoms with Crippen LogP contribution < -0.4 is 14.2 Å². The minimum atomic E-state index is -3.39. The summed E-state index contributed by atoms with van der Waals surface area (Å²) < 4.78 is 43.8. The molecule has 2 aliphatic heterocycles. The maximum absolute atomic E-state index is 13.0. The largest absolute Gasteiger partial charge is 0.497 e. The van der Waals surface area contributed by atoms with Gasteiger partial charge in [0.25, 0.3) is 0 Å². The third-order valence-corrected chi connectivity index (χ3v) is 9.59. The number of hydrogen-bond donors (Lipinski definition) is 1. The van der Waals surface area contributed by atoms with Gasteiger partial charge in [0.05, 0.1) is 18.8 Å². The van der Waals surface area contributed by atoms with Crippen molar-refractivity contribution in [2.75, 3.05) is 45.8 Å². The van der Waals surface area contributed by atoms with E-state index in [0.29, 0.717) is 49.8 Å². The highest BCUT2D eigenvalue weighted by molar-refractivity contribution is 7.89. The molecular formula is C28H38N2O7S. The molecule has 0 radical (unpaired) electrons. The van der Waals surface area contributed by atoms with Crippen LogP contribution in [0.5, 0.6) is 17.2 Å². The summed E-state index contributed by atoms with van der Waals surface area (Å²) in [5.74, 6) is 0.137. The Morgan fingerprint density at radius 2 is 1.79 bits per heavy atom. The van der Waals surface area contributed by atoms with Crippen LogP contribution in [-0.2, 0) is 14.8 Å². The average Bonchev–Trinajstić information content (AvgIpc) is 3.53. The third kappa shape index (κ3) is 6.08. The molecule has 38 heavy (non-hydrogen) atoms. The molecule has 3 atom stereocenters. The summed E-state index contributed by atoms with van der Waals surface area (Å²) in [7, 11) is -1.80. The number of unbranched alkanes of at least 4 members (excludes halogenated alkanes) is 2. The Morgan fingerprint density at radius 3 is 2.45 bits per heavy atom. The molecule has 4 rings (SSSR count). The lowest BCUT2D eigenvalue weighted by atomic mass is 9.82.